The molecular weight excluding hydrogens is 1000 g/mol. The Morgan fingerprint density at radius 1 is 0.662 bits per heavy atom. The number of hydrogen-bond donors (Lipinski definition) is 4. The van der Waals surface area contributed by atoms with Gasteiger partial charge in [0.25, 0.3) is 0 Å². The molecule has 8 rings (SSSR count). The molecular formula is C51H62N14O12. The largest absolute Gasteiger partial charge is 0.487 e. The zero-order valence-electron chi connectivity index (χ0n) is 43.1. The number of nitriles is 2. The number of alkyl carbamates (subject to hydrolysis) is 1. The van der Waals surface area contributed by atoms with Crippen LogP contribution in [0, 0.1) is 22.7 Å². The van der Waals surface area contributed by atoms with Crippen molar-refractivity contribution >= 4 is 52.0 Å². The molecule has 77 heavy (non-hydrogen) atoms. The highest BCUT2D eigenvalue weighted by atomic mass is 16.6. The molecule has 0 saturated carbocycles. The maximum Gasteiger partial charge on any atom is 0.408 e. The summed E-state index contributed by atoms with van der Waals surface area (Å²) in [5.74, 6) is 2.37. The van der Waals surface area contributed by atoms with Gasteiger partial charge < -0.3 is 64.3 Å². The van der Waals surface area contributed by atoms with E-state index >= 15 is 0 Å². The maximum atomic E-state index is 11.8. The smallest absolute Gasteiger partial charge is 0.408 e. The zero-order valence-corrected chi connectivity index (χ0v) is 43.1. The number of carbonyl (C=O) groups is 3. The van der Waals surface area contributed by atoms with Gasteiger partial charge in [-0.25, -0.2) is 34.7 Å². The van der Waals surface area contributed by atoms with Crippen molar-refractivity contribution in [3.05, 3.63) is 72.6 Å². The first kappa shape index (κ1) is 56.5. The van der Waals surface area contributed by atoms with Crippen LogP contribution >= 0.6 is 0 Å². The topological polar surface area (TPSA) is 331 Å². The van der Waals surface area contributed by atoms with E-state index in [1.54, 1.807) is 66.8 Å². The number of ether oxygens (including phenoxy) is 9. The molecule has 2 aliphatic heterocycles. The van der Waals surface area contributed by atoms with Crippen LogP contribution < -0.4 is 31.2 Å². The molecule has 0 radical (unpaired) electrons. The highest BCUT2D eigenvalue weighted by Crippen LogP contribution is 2.31. The molecule has 0 atom stereocenters. The second-order valence-corrected chi connectivity index (χ2v) is 18.1. The van der Waals surface area contributed by atoms with Crippen LogP contribution in [0.15, 0.2) is 61.4 Å². The fourth-order valence-corrected chi connectivity index (χ4v) is 7.49. The summed E-state index contributed by atoms with van der Waals surface area (Å²) in [5.41, 5.74) is 7.93. The molecule has 6 aromatic rings. The van der Waals surface area contributed by atoms with Gasteiger partial charge in [0.15, 0.2) is 34.4 Å². The average Bonchev–Trinajstić information content (AvgIpc) is 4.05. The van der Waals surface area contributed by atoms with Crippen LogP contribution in [-0.4, -0.2) is 167 Å². The van der Waals surface area contributed by atoms with E-state index in [0.717, 1.165) is 25.7 Å². The number of imidazole rings is 2. The third-order valence-electron chi connectivity index (χ3n) is 11.2. The van der Waals surface area contributed by atoms with E-state index in [0.29, 0.717) is 101 Å². The van der Waals surface area contributed by atoms with Gasteiger partial charge in [-0.2, -0.15) is 10.5 Å². The van der Waals surface area contributed by atoms with Gasteiger partial charge in [-0.05, 0) is 70.7 Å². The number of carbonyl (C=O) groups excluding carboxylic acids is 3. The van der Waals surface area contributed by atoms with Crippen LogP contribution in [0.5, 0.6) is 11.5 Å². The van der Waals surface area contributed by atoms with Crippen LogP contribution in [-0.2, 0) is 42.7 Å². The maximum absolute atomic E-state index is 11.8. The van der Waals surface area contributed by atoms with Crippen LogP contribution in [0.3, 0.4) is 0 Å². The highest BCUT2D eigenvalue weighted by Gasteiger charge is 2.22. The quantitative estimate of drug-likeness (QED) is 0.0401. The number of nitrogens with zero attached hydrogens (tertiary/aromatic N) is 10. The van der Waals surface area contributed by atoms with E-state index in [4.69, 9.17) is 68.9 Å². The van der Waals surface area contributed by atoms with Gasteiger partial charge in [-0.3, -0.25) is 18.7 Å². The molecule has 2 saturated heterocycles. The Kier molecular flexibility index (Phi) is 21.0. The van der Waals surface area contributed by atoms with Crippen LogP contribution in [0.25, 0.3) is 34.0 Å². The summed E-state index contributed by atoms with van der Waals surface area (Å²) in [6.45, 7) is 9.07. The molecule has 26 nitrogen and oxygen atoms in total. The van der Waals surface area contributed by atoms with E-state index in [9.17, 15) is 14.4 Å². The Labute approximate surface area is 443 Å². The van der Waals surface area contributed by atoms with E-state index < -0.39 is 23.6 Å². The van der Waals surface area contributed by atoms with Crippen molar-refractivity contribution in [2.45, 2.75) is 64.1 Å². The SMILES string of the molecule is CC(C)(C)OC(=O)NCC(=O)OCCOCCOc1cc2ncn(-c3ccc(C#N)cn3)c2nc1NC1CCOCC1.N#Cc1ccc(-n2cnc3cc(OCCOCCOC(=O)CN)c(NC4CCOCC4)nc32)nc1. The molecule has 2 fully saturated rings. The lowest BCUT2D eigenvalue weighted by Gasteiger charge is -2.24. The summed E-state index contributed by atoms with van der Waals surface area (Å²) >= 11 is 0. The number of amides is 1. The molecule has 408 valence electrons. The lowest BCUT2D eigenvalue weighted by Crippen LogP contribution is -2.36. The second-order valence-electron chi connectivity index (χ2n) is 18.1. The number of anilines is 2. The first-order valence-electron chi connectivity index (χ1n) is 25.0. The average molecular weight is 1060 g/mol. The number of aromatic nitrogens is 8. The first-order valence-corrected chi connectivity index (χ1v) is 25.0. The third kappa shape index (κ3) is 17.4. The summed E-state index contributed by atoms with van der Waals surface area (Å²) in [6, 6.07) is 15.0. The normalized spacial score (nSPS) is 13.8. The molecule has 6 aromatic heterocycles. The fraction of sp³-hybridized carbons (Fsp3) is 0.471. The predicted octanol–water partition coefficient (Wildman–Crippen LogP) is 3.92. The van der Waals surface area contributed by atoms with E-state index in [-0.39, 0.29) is 71.4 Å². The van der Waals surface area contributed by atoms with Crippen molar-refractivity contribution in [2.75, 3.05) is 103 Å². The van der Waals surface area contributed by atoms with E-state index in [1.165, 1.54) is 12.4 Å². The standard InChI is InChI=1S/C28H35N7O7.C23H27N7O5/c1-28(2,3)42-27(37)31-17-24(36)41-13-11-39-10-12-40-22-14-21-26(34-25(22)33-20-6-8-38-9-7-20)35(18-32-21)23-5-4-19(15-29)16-30-23;24-12-16-1-2-20(26-14-16)30-15-27-18-11-19(34-9-7-33-8-10-35-21(31)13-25)22(29-23(18)30)28-17-3-5-32-6-4-17/h4-5,14,16,18,20H,6-13,17H2,1-3H3,(H,31,37)(H,33,34);1-2,11,14-15,17H,3-10,13,25H2,(H,28,29). The number of fused-ring (bicyclic) bond motifs is 2. The Hall–Kier alpha value is -8.27. The summed E-state index contributed by atoms with van der Waals surface area (Å²) in [6.07, 6.45) is 8.99. The van der Waals surface area contributed by atoms with Gasteiger partial charge in [0.2, 0.25) is 0 Å². The molecule has 0 aliphatic carbocycles. The summed E-state index contributed by atoms with van der Waals surface area (Å²) in [5, 5.41) is 27.4. The summed E-state index contributed by atoms with van der Waals surface area (Å²) < 4.78 is 52.4. The Morgan fingerprint density at radius 2 is 1.12 bits per heavy atom. The van der Waals surface area contributed by atoms with Crippen molar-refractivity contribution < 1.29 is 57.0 Å². The molecule has 8 heterocycles. The number of nitrogens with two attached hydrogens (primary N) is 1. The van der Waals surface area contributed by atoms with Gasteiger partial charge in [0.05, 0.1) is 44.1 Å². The fourth-order valence-electron chi connectivity index (χ4n) is 7.49. The van der Waals surface area contributed by atoms with Crippen molar-refractivity contribution in [3.8, 4) is 35.3 Å². The minimum atomic E-state index is -0.691. The molecule has 0 aromatic carbocycles. The number of esters is 2. The van der Waals surface area contributed by atoms with Crippen molar-refractivity contribution in [2.24, 2.45) is 5.73 Å². The lowest BCUT2D eigenvalue weighted by atomic mass is 10.1. The Bertz CT molecular complexity index is 2960. The molecule has 5 N–H and O–H groups in total. The van der Waals surface area contributed by atoms with Crippen molar-refractivity contribution in [3.63, 3.8) is 0 Å². The first-order chi connectivity index (χ1) is 37.4. The van der Waals surface area contributed by atoms with Gasteiger partial charge in [-0.15, -0.1) is 0 Å². The van der Waals surface area contributed by atoms with E-state index in [2.05, 4.69) is 48.0 Å². The zero-order chi connectivity index (χ0) is 54.4. The number of pyridine rings is 4. The lowest BCUT2D eigenvalue weighted by molar-refractivity contribution is -0.144. The highest BCUT2D eigenvalue weighted by molar-refractivity contribution is 5.80. The minimum Gasteiger partial charge on any atom is -0.487 e. The minimum absolute atomic E-state index is 0.0275. The van der Waals surface area contributed by atoms with Gasteiger partial charge in [0.1, 0.15) is 86.0 Å². The van der Waals surface area contributed by atoms with Gasteiger partial charge in [0, 0.05) is 63.0 Å². The Morgan fingerprint density at radius 3 is 1.53 bits per heavy atom. The second kappa shape index (κ2) is 28.6. The van der Waals surface area contributed by atoms with E-state index in [1.807, 2.05) is 12.1 Å². The Balaban J connectivity index is 0.000000227. The predicted molar refractivity (Wildman–Crippen MR) is 276 cm³/mol. The molecule has 1 amide bonds. The molecule has 0 unspecified atom stereocenters. The molecule has 26 heteroatoms. The number of nitrogens with one attached hydrogen (secondary N) is 3. The third-order valence-corrected chi connectivity index (χ3v) is 11.2. The van der Waals surface area contributed by atoms with Gasteiger partial charge in [-0.1, -0.05) is 0 Å². The summed E-state index contributed by atoms with van der Waals surface area (Å²) in [4.78, 5) is 61.7. The molecule has 0 spiro atoms. The van der Waals surface area contributed by atoms with Crippen molar-refractivity contribution in [1.29, 1.82) is 10.5 Å². The van der Waals surface area contributed by atoms with Crippen molar-refractivity contribution in [1.82, 2.24) is 44.4 Å². The van der Waals surface area contributed by atoms with Crippen LogP contribution in [0.1, 0.15) is 57.6 Å². The monoisotopic (exact) mass is 1060 g/mol. The van der Waals surface area contributed by atoms with Gasteiger partial charge >= 0.3 is 18.0 Å². The van der Waals surface area contributed by atoms with Crippen LogP contribution in [0.2, 0.25) is 0 Å². The van der Waals surface area contributed by atoms with Crippen LogP contribution in [0.4, 0.5) is 16.4 Å². The number of hydrogen-bond acceptors (Lipinski definition) is 23. The molecule has 2 aliphatic rings. The number of rotatable bonds is 23. The summed E-state index contributed by atoms with van der Waals surface area (Å²) in [7, 11) is 0. The molecule has 0 bridgehead atoms.